The van der Waals surface area contributed by atoms with Crippen LogP contribution in [0.4, 0.5) is 0 Å². The van der Waals surface area contributed by atoms with Gasteiger partial charge in [-0.25, -0.2) is 8.42 Å². The van der Waals surface area contributed by atoms with Crippen molar-refractivity contribution in [2.24, 2.45) is 0 Å². The number of benzene rings is 2. The largest absolute Gasteiger partial charge is 0.493 e. The second-order valence-corrected chi connectivity index (χ2v) is 7.16. The summed E-state index contributed by atoms with van der Waals surface area (Å²) in [5, 5.41) is 0. The van der Waals surface area contributed by atoms with Crippen molar-refractivity contribution in [2.45, 2.75) is 18.7 Å². The zero-order valence-electron chi connectivity index (χ0n) is 11.9. The molecular formula is C15H15ClO4S. The van der Waals surface area contributed by atoms with E-state index in [1.165, 1.54) is 6.07 Å². The Bertz CT molecular complexity index is 769. The average molecular weight is 327 g/mol. The summed E-state index contributed by atoms with van der Waals surface area (Å²) in [6.07, 6.45) is 0. The van der Waals surface area contributed by atoms with E-state index in [0.717, 1.165) is 5.56 Å². The van der Waals surface area contributed by atoms with Gasteiger partial charge in [0.1, 0.15) is 5.75 Å². The maximum absolute atomic E-state index is 11.4. The maximum Gasteiger partial charge on any atom is 0.261 e. The van der Waals surface area contributed by atoms with Gasteiger partial charge in [-0.1, -0.05) is 6.07 Å². The van der Waals surface area contributed by atoms with Gasteiger partial charge in [-0.2, -0.15) is 0 Å². The fraction of sp³-hybridized carbons (Fsp3) is 0.200. The van der Waals surface area contributed by atoms with Crippen LogP contribution in [-0.4, -0.2) is 15.5 Å². The van der Waals surface area contributed by atoms with Crippen LogP contribution in [0, 0.1) is 13.8 Å². The van der Waals surface area contributed by atoms with Crippen molar-refractivity contribution in [1.29, 1.82) is 0 Å². The molecule has 0 amide bonds. The van der Waals surface area contributed by atoms with Crippen LogP contribution in [0.2, 0.25) is 0 Å². The first-order valence-corrected chi connectivity index (χ1v) is 8.50. The Labute approximate surface area is 128 Å². The molecule has 112 valence electrons. The highest BCUT2D eigenvalue weighted by atomic mass is 35.7. The Morgan fingerprint density at radius 3 is 2.29 bits per heavy atom. The van der Waals surface area contributed by atoms with Crippen molar-refractivity contribution >= 4 is 19.7 Å². The van der Waals surface area contributed by atoms with Crippen molar-refractivity contribution in [3.63, 3.8) is 0 Å². The Balaban J connectivity index is 2.35. The minimum absolute atomic E-state index is 0.0763. The Kier molecular flexibility index (Phi) is 4.44. The quantitative estimate of drug-likeness (QED) is 0.796. The second-order valence-electron chi connectivity index (χ2n) is 4.62. The summed E-state index contributed by atoms with van der Waals surface area (Å²) in [5.41, 5.74) is 1.58. The third kappa shape index (κ3) is 3.68. The number of aryl methyl sites for hydroxylation is 2. The first-order chi connectivity index (χ1) is 9.81. The molecule has 21 heavy (non-hydrogen) atoms. The van der Waals surface area contributed by atoms with Crippen molar-refractivity contribution in [1.82, 2.24) is 0 Å². The number of rotatable bonds is 4. The molecule has 0 aliphatic heterocycles. The lowest BCUT2D eigenvalue weighted by Crippen LogP contribution is -1.96. The molecule has 0 aliphatic carbocycles. The first-order valence-electron chi connectivity index (χ1n) is 6.19. The summed E-state index contributed by atoms with van der Waals surface area (Å²) in [7, 11) is 3.17. The standard InChI is InChI=1S/C15H15ClO4S/c1-10-4-6-13(14(8-10)19-3)20-12-5-7-15(11(2)9-12)21(16,17)18/h4-9H,1-3H3. The molecule has 0 unspecified atom stereocenters. The molecule has 0 atom stereocenters. The van der Waals surface area contributed by atoms with Crippen molar-refractivity contribution in [3.05, 3.63) is 47.5 Å². The van der Waals surface area contributed by atoms with Crippen LogP contribution in [0.1, 0.15) is 11.1 Å². The second kappa shape index (κ2) is 5.95. The van der Waals surface area contributed by atoms with Gasteiger partial charge in [0.25, 0.3) is 9.05 Å². The van der Waals surface area contributed by atoms with Crippen LogP contribution in [-0.2, 0) is 9.05 Å². The molecule has 6 heteroatoms. The highest BCUT2D eigenvalue weighted by Crippen LogP contribution is 2.33. The van der Waals surface area contributed by atoms with Crippen molar-refractivity contribution in [2.75, 3.05) is 7.11 Å². The molecule has 2 aromatic carbocycles. The van der Waals surface area contributed by atoms with E-state index in [1.54, 1.807) is 32.2 Å². The van der Waals surface area contributed by atoms with Crippen LogP contribution in [0.3, 0.4) is 0 Å². The van der Waals surface area contributed by atoms with Crippen LogP contribution >= 0.6 is 10.7 Å². The van der Waals surface area contributed by atoms with Gasteiger partial charge in [0.05, 0.1) is 12.0 Å². The predicted octanol–water partition coefficient (Wildman–Crippen LogP) is 4.03. The number of ether oxygens (including phenoxy) is 2. The molecule has 2 aromatic rings. The minimum Gasteiger partial charge on any atom is -0.493 e. The zero-order chi connectivity index (χ0) is 15.6. The molecule has 0 spiro atoms. The summed E-state index contributed by atoms with van der Waals surface area (Å²) in [5.74, 6) is 1.68. The van der Waals surface area contributed by atoms with Gasteiger partial charge >= 0.3 is 0 Å². The summed E-state index contributed by atoms with van der Waals surface area (Å²) >= 11 is 0. The molecule has 0 N–H and O–H groups in total. The number of hydrogen-bond acceptors (Lipinski definition) is 4. The smallest absolute Gasteiger partial charge is 0.261 e. The minimum atomic E-state index is -3.75. The summed E-state index contributed by atoms with van der Waals surface area (Å²) in [6.45, 7) is 3.62. The van der Waals surface area contributed by atoms with E-state index in [0.29, 0.717) is 22.8 Å². The highest BCUT2D eigenvalue weighted by Gasteiger charge is 2.14. The van der Waals surface area contributed by atoms with E-state index < -0.39 is 9.05 Å². The number of halogens is 1. The van der Waals surface area contributed by atoms with E-state index in [2.05, 4.69) is 0 Å². The summed E-state index contributed by atoms with van der Waals surface area (Å²) < 4.78 is 33.7. The predicted molar refractivity (Wildman–Crippen MR) is 82.0 cm³/mol. The fourth-order valence-corrected chi connectivity index (χ4v) is 3.14. The molecule has 0 radical (unpaired) electrons. The molecule has 0 bridgehead atoms. The van der Waals surface area contributed by atoms with E-state index in [4.69, 9.17) is 20.2 Å². The van der Waals surface area contributed by atoms with Gasteiger partial charge in [-0.15, -0.1) is 0 Å². The Hall–Kier alpha value is -1.72. The van der Waals surface area contributed by atoms with Crippen molar-refractivity contribution < 1.29 is 17.9 Å². The van der Waals surface area contributed by atoms with Gasteiger partial charge in [-0.05, 0) is 55.3 Å². The molecule has 0 saturated heterocycles. The zero-order valence-corrected chi connectivity index (χ0v) is 13.5. The lowest BCUT2D eigenvalue weighted by molar-refractivity contribution is 0.378. The third-order valence-electron chi connectivity index (χ3n) is 2.96. The van der Waals surface area contributed by atoms with E-state index in [-0.39, 0.29) is 4.90 Å². The van der Waals surface area contributed by atoms with Crippen molar-refractivity contribution in [3.8, 4) is 17.2 Å². The monoisotopic (exact) mass is 326 g/mol. The van der Waals surface area contributed by atoms with Gasteiger partial charge in [-0.3, -0.25) is 0 Å². The SMILES string of the molecule is COc1cc(C)ccc1Oc1ccc(S(=O)(=O)Cl)c(C)c1. The van der Waals surface area contributed by atoms with Gasteiger partial charge in [0, 0.05) is 10.7 Å². The van der Waals surface area contributed by atoms with E-state index >= 15 is 0 Å². The topological polar surface area (TPSA) is 52.6 Å². The molecule has 0 saturated carbocycles. The molecule has 0 heterocycles. The third-order valence-corrected chi connectivity index (χ3v) is 4.44. The van der Waals surface area contributed by atoms with E-state index in [9.17, 15) is 8.42 Å². The Morgan fingerprint density at radius 1 is 1.00 bits per heavy atom. The lowest BCUT2D eigenvalue weighted by Gasteiger charge is -2.12. The lowest BCUT2D eigenvalue weighted by atomic mass is 10.2. The molecule has 0 aromatic heterocycles. The number of methoxy groups -OCH3 is 1. The average Bonchev–Trinajstić information content (AvgIpc) is 2.39. The highest BCUT2D eigenvalue weighted by molar-refractivity contribution is 8.13. The molecule has 0 fully saturated rings. The van der Waals surface area contributed by atoms with Gasteiger partial charge in [0.15, 0.2) is 11.5 Å². The van der Waals surface area contributed by atoms with Crippen LogP contribution < -0.4 is 9.47 Å². The molecule has 2 rings (SSSR count). The van der Waals surface area contributed by atoms with Crippen LogP contribution in [0.5, 0.6) is 17.2 Å². The Morgan fingerprint density at radius 2 is 1.71 bits per heavy atom. The molecule has 4 nitrogen and oxygen atoms in total. The van der Waals surface area contributed by atoms with Gasteiger partial charge in [0.2, 0.25) is 0 Å². The molecular weight excluding hydrogens is 312 g/mol. The maximum atomic E-state index is 11.4. The van der Waals surface area contributed by atoms with Crippen LogP contribution in [0.25, 0.3) is 0 Å². The summed E-state index contributed by atoms with van der Waals surface area (Å²) in [6, 6.07) is 10.2. The summed E-state index contributed by atoms with van der Waals surface area (Å²) in [4.78, 5) is 0.0763. The van der Waals surface area contributed by atoms with E-state index in [1.807, 2.05) is 19.1 Å². The normalized spacial score (nSPS) is 11.2. The van der Waals surface area contributed by atoms with Crippen LogP contribution in [0.15, 0.2) is 41.3 Å². The molecule has 0 aliphatic rings. The van der Waals surface area contributed by atoms with Gasteiger partial charge < -0.3 is 9.47 Å². The fourth-order valence-electron chi connectivity index (χ4n) is 1.95. The first kappa shape index (κ1) is 15.7. The number of hydrogen-bond donors (Lipinski definition) is 0.